The van der Waals surface area contributed by atoms with Gasteiger partial charge >= 0.3 is 0 Å². The maximum atomic E-state index is 5.50. The molecule has 1 aliphatic rings. The van der Waals surface area contributed by atoms with E-state index in [9.17, 15) is 0 Å². The normalized spacial score (nSPS) is 11.1. The minimum atomic E-state index is 0. The lowest BCUT2D eigenvalue weighted by Crippen LogP contribution is -1.93. The minimum Gasteiger partial charge on any atom is -0.453 e. The van der Waals surface area contributed by atoms with Crippen molar-refractivity contribution in [3.8, 4) is 22.8 Å². The van der Waals surface area contributed by atoms with Crippen LogP contribution in [0.5, 0.6) is 11.5 Å². The monoisotopic (exact) mass is 292 g/mol. The van der Waals surface area contributed by atoms with Crippen LogP contribution in [0.4, 0.5) is 0 Å². The van der Waals surface area contributed by atoms with E-state index < -0.39 is 0 Å². The molecule has 2 aromatic rings. The SMILES string of the molecule is CC.CCC.Cc1ncc(-c2ccc(C)c3c2OCO3)[nH]1.[HH]. The van der Waals surface area contributed by atoms with Crippen molar-refractivity contribution in [2.24, 2.45) is 0 Å². The lowest BCUT2D eigenvalue weighted by Gasteiger charge is -2.05. The molecule has 0 bridgehead atoms. The van der Waals surface area contributed by atoms with Gasteiger partial charge in [-0.15, -0.1) is 0 Å². The molecule has 2 heterocycles. The van der Waals surface area contributed by atoms with E-state index in [0.717, 1.165) is 34.1 Å². The van der Waals surface area contributed by atoms with Crippen molar-refractivity contribution in [3.63, 3.8) is 0 Å². The molecule has 0 saturated heterocycles. The summed E-state index contributed by atoms with van der Waals surface area (Å²) < 4.78 is 10.9. The fourth-order valence-corrected chi connectivity index (χ4v) is 1.90. The minimum absolute atomic E-state index is 0. The van der Waals surface area contributed by atoms with Crippen molar-refractivity contribution in [2.75, 3.05) is 6.79 Å². The maximum absolute atomic E-state index is 5.50. The summed E-state index contributed by atoms with van der Waals surface area (Å²) in [6.07, 6.45) is 3.06. The summed E-state index contributed by atoms with van der Waals surface area (Å²) in [6.45, 7) is 12.5. The van der Waals surface area contributed by atoms with Crippen molar-refractivity contribution in [1.29, 1.82) is 0 Å². The van der Waals surface area contributed by atoms with Gasteiger partial charge in [-0.3, -0.25) is 0 Å². The summed E-state index contributed by atoms with van der Waals surface area (Å²) >= 11 is 0. The van der Waals surface area contributed by atoms with E-state index in [-0.39, 0.29) is 1.43 Å². The molecule has 0 fully saturated rings. The topological polar surface area (TPSA) is 47.1 Å². The number of hydrogen-bond acceptors (Lipinski definition) is 3. The Hall–Kier alpha value is -1.97. The number of hydrogen-bond donors (Lipinski definition) is 1. The predicted octanol–water partition coefficient (Wildman–Crippen LogP) is 5.11. The number of H-pyrrole nitrogens is 1. The number of aromatic nitrogens is 2. The first-order valence-corrected chi connectivity index (χ1v) is 7.58. The van der Waals surface area contributed by atoms with Gasteiger partial charge in [0.2, 0.25) is 6.79 Å². The number of imidazole rings is 1. The third-order valence-corrected chi connectivity index (χ3v) is 2.71. The molecule has 4 nitrogen and oxygen atoms in total. The molecule has 0 aliphatic carbocycles. The van der Waals surface area contributed by atoms with Crippen molar-refractivity contribution >= 4 is 0 Å². The van der Waals surface area contributed by atoms with Crippen LogP contribution in [-0.4, -0.2) is 16.8 Å². The van der Waals surface area contributed by atoms with Gasteiger partial charge in [0.25, 0.3) is 0 Å². The van der Waals surface area contributed by atoms with Crippen LogP contribution in [0.3, 0.4) is 0 Å². The predicted molar refractivity (Wildman–Crippen MR) is 89.0 cm³/mol. The summed E-state index contributed by atoms with van der Waals surface area (Å²) in [5.74, 6) is 2.54. The number of fused-ring (bicyclic) bond motifs is 1. The Labute approximate surface area is 129 Å². The molecule has 0 spiro atoms. The molecule has 0 unspecified atom stereocenters. The number of benzene rings is 1. The van der Waals surface area contributed by atoms with Gasteiger partial charge in [-0.05, 0) is 25.5 Å². The first-order chi connectivity index (χ1) is 10.2. The number of nitrogens with one attached hydrogen (secondary N) is 1. The van der Waals surface area contributed by atoms with Gasteiger partial charge in [0, 0.05) is 6.99 Å². The van der Waals surface area contributed by atoms with E-state index >= 15 is 0 Å². The Kier molecular flexibility index (Phi) is 6.79. The zero-order chi connectivity index (χ0) is 15.8. The number of aryl methyl sites for hydroxylation is 2. The van der Waals surface area contributed by atoms with Crippen LogP contribution >= 0.6 is 0 Å². The second-order valence-electron chi connectivity index (χ2n) is 4.58. The summed E-state index contributed by atoms with van der Waals surface area (Å²) in [6, 6.07) is 4.05. The average Bonchev–Trinajstić information content (AvgIpc) is 3.12. The van der Waals surface area contributed by atoms with Gasteiger partial charge in [-0.25, -0.2) is 4.98 Å². The summed E-state index contributed by atoms with van der Waals surface area (Å²) in [5.41, 5.74) is 3.05. The average molecular weight is 292 g/mol. The number of ether oxygens (including phenoxy) is 2. The number of aromatic amines is 1. The van der Waals surface area contributed by atoms with E-state index in [1.807, 2.05) is 46.0 Å². The zero-order valence-electron chi connectivity index (χ0n) is 13.9. The highest BCUT2D eigenvalue weighted by molar-refractivity contribution is 5.73. The van der Waals surface area contributed by atoms with Gasteiger partial charge in [-0.1, -0.05) is 40.2 Å². The van der Waals surface area contributed by atoms with E-state index in [1.54, 1.807) is 0 Å². The summed E-state index contributed by atoms with van der Waals surface area (Å²) in [7, 11) is 0. The molecular formula is C17H28N2O2. The molecule has 118 valence electrons. The van der Waals surface area contributed by atoms with Crippen LogP contribution in [0.15, 0.2) is 18.3 Å². The second-order valence-corrected chi connectivity index (χ2v) is 4.58. The molecule has 0 saturated carbocycles. The Morgan fingerprint density at radius 3 is 2.33 bits per heavy atom. The fourth-order valence-electron chi connectivity index (χ4n) is 1.90. The molecule has 1 N–H and O–H groups in total. The van der Waals surface area contributed by atoms with Crippen LogP contribution in [0.25, 0.3) is 11.3 Å². The molecule has 1 aromatic heterocycles. The molecule has 1 aromatic carbocycles. The first-order valence-electron chi connectivity index (χ1n) is 7.58. The van der Waals surface area contributed by atoms with Crippen LogP contribution in [0.2, 0.25) is 0 Å². The van der Waals surface area contributed by atoms with E-state index in [1.165, 1.54) is 6.42 Å². The number of nitrogens with zero attached hydrogens (tertiary/aromatic N) is 1. The maximum Gasteiger partial charge on any atom is 0.231 e. The van der Waals surface area contributed by atoms with E-state index in [0.29, 0.717) is 6.79 Å². The quantitative estimate of drug-likeness (QED) is 0.794. The third-order valence-electron chi connectivity index (χ3n) is 2.71. The van der Waals surface area contributed by atoms with Crippen molar-refractivity contribution in [2.45, 2.75) is 48.0 Å². The summed E-state index contributed by atoms with van der Waals surface area (Å²) in [5, 5.41) is 0. The molecule has 4 heteroatoms. The first kappa shape index (κ1) is 17.1. The molecule has 1 aliphatic heterocycles. The Balaban J connectivity index is 0.000000663. The van der Waals surface area contributed by atoms with Crippen molar-refractivity contribution < 1.29 is 10.9 Å². The highest BCUT2D eigenvalue weighted by Crippen LogP contribution is 2.42. The van der Waals surface area contributed by atoms with Gasteiger partial charge in [0.15, 0.2) is 11.5 Å². The van der Waals surface area contributed by atoms with Crippen LogP contribution < -0.4 is 9.47 Å². The van der Waals surface area contributed by atoms with Crippen molar-refractivity contribution in [1.82, 2.24) is 9.97 Å². The van der Waals surface area contributed by atoms with E-state index in [4.69, 9.17) is 9.47 Å². The standard InChI is InChI=1S/C12H12N2O2.C3H8.C2H6.H2/c1-7-3-4-9(10-5-13-8(2)14-10)12-11(7)15-6-16-12;1-3-2;1-2;/h3-5H,6H2,1-2H3,(H,13,14);3H2,1-2H3;1-2H3;1H. The molecular weight excluding hydrogens is 264 g/mol. The third kappa shape index (κ3) is 4.00. The highest BCUT2D eigenvalue weighted by atomic mass is 16.7. The summed E-state index contributed by atoms with van der Waals surface area (Å²) in [4.78, 5) is 7.38. The van der Waals surface area contributed by atoms with Gasteiger partial charge in [0.1, 0.15) is 5.82 Å². The smallest absolute Gasteiger partial charge is 0.231 e. The van der Waals surface area contributed by atoms with Crippen molar-refractivity contribution in [3.05, 3.63) is 29.7 Å². The second kappa shape index (κ2) is 8.35. The van der Waals surface area contributed by atoms with Crippen LogP contribution in [0, 0.1) is 13.8 Å². The lowest BCUT2D eigenvalue weighted by molar-refractivity contribution is 0.173. The molecule has 0 atom stereocenters. The zero-order valence-corrected chi connectivity index (χ0v) is 13.9. The molecule has 21 heavy (non-hydrogen) atoms. The van der Waals surface area contributed by atoms with Crippen LogP contribution in [0.1, 0.15) is 46.9 Å². The Bertz CT molecular complexity index is 568. The fraction of sp³-hybridized carbons (Fsp3) is 0.471. The van der Waals surface area contributed by atoms with Gasteiger partial charge in [-0.2, -0.15) is 0 Å². The highest BCUT2D eigenvalue weighted by Gasteiger charge is 2.21. The van der Waals surface area contributed by atoms with Gasteiger partial charge < -0.3 is 14.5 Å². The van der Waals surface area contributed by atoms with Gasteiger partial charge in [0.05, 0.1) is 11.9 Å². The number of rotatable bonds is 1. The van der Waals surface area contributed by atoms with Crippen LogP contribution in [-0.2, 0) is 0 Å². The Morgan fingerprint density at radius 2 is 1.76 bits per heavy atom. The Morgan fingerprint density at radius 1 is 1.14 bits per heavy atom. The molecule has 0 radical (unpaired) electrons. The lowest BCUT2D eigenvalue weighted by atomic mass is 10.1. The largest absolute Gasteiger partial charge is 0.453 e. The molecule has 0 amide bonds. The molecule has 3 rings (SSSR count). The van der Waals surface area contributed by atoms with E-state index in [2.05, 4.69) is 23.8 Å².